The van der Waals surface area contributed by atoms with E-state index in [2.05, 4.69) is 23.6 Å². The van der Waals surface area contributed by atoms with E-state index in [-0.39, 0.29) is 5.82 Å². The van der Waals surface area contributed by atoms with Crippen molar-refractivity contribution in [2.45, 2.75) is 38.8 Å². The Morgan fingerprint density at radius 1 is 1.30 bits per heavy atom. The van der Waals surface area contributed by atoms with Gasteiger partial charge >= 0.3 is 0 Å². The number of hydrogen-bond donors (Lipinski definition) is 0. The normalized spacial score (nSPS) is 27.1. The van der Waals surface area contributed by atoms with Crippen LogP contribution in [0.5, 0.6) is 0 Å². The molecule has 4 heteroatoms. The summed E-state index contributed by atoms with van der Waals surface area (Å²) in [6, 6.07) is 5.70. The fraction of sp³-hybridized carbons (Fsp3) is 0.625. The van der Waals surface area contributed by atoms with Gasteiger partial charge < -0.3 is 4.90 Å². The molecule has 2 unspecified atom stereocenters. The van der Waals surface area contributed by atoms with Gasteiger partial charge in [-0.1, -0.05) is 25.4 Å². The second-order valence-corrected chi connectivity index (χ2v) is 6.76. The van der Waals surface area contributed by atoms with Crippen LogP contribution in [0.1, 0.15) is 26.7 Å². The molecule has 0 amide bonds. The zero-order valence-electron chi connectivity index (χ0n) is 12.1. The minimum Gasteiger partial charge on any atom is -0.364 e. The summed E-state index contributed by atoms with van der Waals surface area (Å²) in [5.41, 5.74) is 0.858. The molecule has 2 atom stereocenters. The minimum absolute atomic E-state index is 0.208. The molecule has 2 aliphatic heterocycles. The molecule has 1 aromatic carbocycles. The van der Waals surface area contributed by atoms with Gasteiger partial charge in [0.25, 0.3) is 0 Å². The summed E-state index contributed by atoms with van der Waals surface area (Å²) in [5.74, 6) is 0.316. The molecule has 110 valence electrons. The van der Waals surface area contributed by atoms with Gasteiger partial charge in [0.2, 0.25) is 0 Å². The highest BCUT2D eigenvalue weighted by Gasteiger charge is 2.38. The summed E-state index contributed by atoms with van der Waals surface area (Å²) in [7, 11) is 0. The molecular formula is C16H22ClFN2. The van der Waals surface area contributed by atoms with Crippen molar-refractivity contribution >= 4 is 17.3 Å². The standard InChI is InChI=1S/C16H22ClFN2/c1-11(2)16-10-19-7-3-4-13(19)9-20(16)15-8-12(18)5-6-14(15)17/h5-6,8,11,13,16H,3-4,7,9-10H2,1-2H3. The van der Waals surface area contributed by atoms with Crippen LogP contribution in [0.2, 0.25) is 5.02 Å². The first-order valence-electron chi connectivity index (χ1n) is 7.52. The molecule has 1 aromatic rings. The van der Waals surface area contributed by atoms with Crippen molar-refractivity contribution in [3.8, 4) is 0 Å². The van der Waals surface area contributed by atoms with Crippen LogP contribution in [-0.2, 0) is 0 Å². The van der Waals surface area contributed by atoms with E-state index in [9.17, 15) is 4.39 Å². The fourth-order valence-electron chi connectivity index (χ4n) is 3.60. The minimum atomic E-state index is -0.208. The summed E-state index contributed by atoms with van der Waals surface area (Å²) in [6.07, 6.45) is 2.52. The molecule has 0 aliphatic carbocycles. The quantitative estimate of drug-likeness (QED) is 0.819. The van der Waals surface area contributed by atoms with E-state index in [0.717, 1.165) is 18.8 Å². The monoisotopic (exact) mass is 296 g/mol. The number of anilines is 1. The predicted molar refractivity (Wildman–Crippen MR) is 82.0 cm³/mol. The number of benzene rings is 1. The lowest BCUT2D eigenvalue weighted by Gasteiger charge is -2.47. The second kappa shape index (κ2) is 5.53. The van der Waals surface area contributed by atoms with Gasteiger partial charge in [-0.3, -0.25) is 4.90 Å². The van der Waals surface area contributed by atoms with E-state index in [1.807, 2.05) is 0 Å². The summed E-state index contributed by atoms with van der Waals surface area (Å²) in [6.45, 7) is 7.71. The first-order valence-corrected chi connectivity index (χ1v) is 7.90. The van der Waals surface area contributed by atoms with Crippen LogP contribution in [0.4, 0.5) is 10.1 Å². The summed E-state index contributed by atoms with van der Waals surface area (Å²) < 4.78 is 13.6. The maximum Gasteiger partial charge on any atom is 0.125 e. The Bertz CT molecular complexity index is 491. The van der Waals surface area contributed by atoms with Gasteiger partial charge in [-0.15, -0.1) is 0 Å². The Kier molecular flexibility index (Phi) is 3.91. The van der Waals surface area contributed by atoms with Crippen LogP contribution >= 0.6 is 11.6 Å². The highest BCUT2D eigenvalue weighted by Crippen LogP contribution is 2.35. The number of hydrogen-bond acceptors (Lipinski definition) is 2. The lowest BCUT2D eigenvalue weighted by molar-refractivity contribution is 0.176. The third-order valence-electron chi connectivity index (χ3n) is 4.72. The topological polar surface area (TPSA) is 6.48 Å². The van der Waals surface area contributed by atoms with Gasteiger partial charge in [-0.05, 0) is 43.5 Å². The molecule has 2 aliphatic rings. The molecule has 0 aromatic heterocycles. The summed E-state index contributed by atoms with van der Waals surface area (Å²) in [5, 5.41) is 0.656. The molecule has 2 saturated heterocycles. The van der Waals surface area contributed by atoms with Crippen molar-refractivity contribution < 1.29 is 4.39 Å². The summed E-state index contributed by atoms with van der Waals surface area (Å²) >= 11 is 6.32. The smallest absolute Gasteiger partial charge is 0.125 e. The Balaban J connectivity index is 1.93. The van der Waals surface area contributed by atoms with Crippen LogP contribution in [0.15, 0.2) is 18.2 Å². The molecule has 0 spiro atoms. The maximum absolute atomic E-state index is 13.6. The van der Waals surface area contributed by atoms with E-state index < -0.39 is 0 Å². The van der Waals surface area contributed by atoms with Gasteiger partial charge in [0.05, 0.1) is 10.7 Å². The fourth-order valence-corrected chi connectivity index (χ4v) is 3.82. The van der Waals surface area contributed by atoms with Crippen molar-refractivity contribution in [1.29, 1.82) is 0 Å². The average Bonchev–Trinajstić information content (AvgIpc) is 2.87. The van der Waals surface area contributed by atoms with Crippen molar-refractivity contribution in [2.24, 2.45) is 5.92 Å². The van der Waals surface area contributed by atoms with Crippen LogP contribution < -0.4 is 4.90 Å². The third kappa shape index (κ3) is 2.53. The third-order valence-corrected chi connectivity index (χ3v) is 5.04. The number of piperazine rings is 1. The van der Waals surface area contributed by atoms with Gasteiger partial charge in [-0.25, -0.2) is 4.39 Å². The van der Waals surface area contributed by atoms with E-state index in [1.54, 1.807) is 12.1 Å². The molecule has 0 saturated carbocycles. The molecule has 0 bridgehead atoms. The van der Waals surface area contributed by atoms with Gasteiger partial charge in [0.15, 0.2) is 0 Å². The molecule has 20 heavy (non-hydrogen) atoms. The van der Waals surface area contributed by atoms with Crippen molar-refractivity contribution in [3.63, 3.8) is 0 Å². The van der Waals surface area contributed by atoms with Crippen LogP contribution in [0, 0.1) is 11.7 Å². The van der Waals surface area contributed by atoms with Crippen molar-refractivity contribution in [1.82, 2.24) is 4.90 Å². The number of fused-ring (bicyclic) bond motifs is 1. The molecule has 2 heterocycles. The van der Waals surface area contributed by atoms with Crippen LogP contribution in [0.3, 0.4) is 0 Å². The largest absolute Gasteiger partial charge is 0.364 e. The number of rotatable bonds is 2. The van der Waals surface area contributed by atoms with Crippen LogP contribution in [-0.4, -0.2) is 36.6 Å². The van der Waals surface area contributed by atoms with Crippen molar-refractivity contribution in [3.05, 3.63) is 29.0 Å². The Hall–Kier alpha value is -0.800. The maximum atomic E-state index is 13.6. The summed E-state index contributed by atoms with van der Waals surface area (Å²) in [4.78, 5) is 4.93. The zero-order valence-corrected chi connectivity index (χ0v) is 12.9. The van der Waals surface area contributed by atoms with Gasteiger partial charge in [-0.2, -0.15) is 0 Å². The molecular weight excluding hydrogens is 275 g/mol. The van der Waals surface area contributed by atoms with Crippen LogP contribution in [0.25, 0.3) is 0 Å². The lowest BCUT2D eigenvalue weighted by atomic mass is 9.96. The lowest BCUT2D eigenvalue weighted by Crippen LogP contribution is -2.58. The van der Waals surface area contributed by atoms with E-state index in [4.69, 9.17) is 11.6 Å². The first kappa shape index (κ1) is 14.2. The highest BCUT2D eigenvalue weighted by molar-refractivity contribution is 6.33. The molecule has 3 rings (SSSR count). The van der Waals surface area contributed by atoms with E-state index in [1.165, 1.54) is 25.5 Å². The SMILES string of the molecule is CC(C)C1CN2CCCC2CN1c1cc(F)ccc1Cl. The highest BCUT2D eigenvalue weighted by atomic mass is 35.5. The van der Waals surface area contributed by atoms with Gasteiger partial charge in [0.1, 0.15) is 5.82 Å². The van der Waals surface area contributed by atoms with Crippen molar-refractivity contribution in [2.75, 3.05) is 24.5 Å². The Morgan fingerprint density at radius 3 is 2.85 bits per heavy atom. The molecule has 2 nitrogen and oxygen atoms in total. The van der Waals surface area contributed by atoms with Gasteiger partial charge in [0, 0.05) is 25.2 Å². The predicted octanol–water partition coefficient (Wildman–Crippen LogP) is 3.79. The first-order chi connectivity index (χ1) is 9.56. The molecule has 0 N–H and O–H groups in total. The van der Waals surface area contributed by atoms with E-state index >= 15 is 0 Å². The second-order valence-electron chi connectivity index (χ2n) is 6.35. The number of nitrogens with zero attached hydrogens (tertiary/aromatic N) is 2. The van der Waals surface area contributed by atoms with E-state index in [0.29, 0.717) is 23.0 Å². The molecule has 2 fully saturated rings. The average molecular weight is 297 g/mol. The Labute approximate surface area is 125 Å². The number of halogens is 2. The molecule has 0 radical (unpaired) electrons. The zero-order chi connectivity index (χ0) is 14.3. The Morgan fingerprint density at radius 2 is 2.10 bits per heavy atom.